The lowest BCUT2D eigenvalue weighted by Crippen LogP contribution is -2.11. The first-order valence-corrected chi connectivity index (χ1v) is 3.63. The summed E-state index contributed by atoms with van der Waals surface area (Å²) in [5, 5.41) is 0. The molecule has 0 amide bonds. The van der Waals surface area contributed by atoms with Gasteiger partial charge in [0.15, 0.2) is 0 Å². The molecule has 0 spiro atoms. The van der Waals surface area contributed by atoms with Crippen LogP contribution >= 0.6 is 0 Å². The van der Waals surface area contributed by atoms with Crippen molar-refractivity contribution in [3.63, 3.8) is 0 Å². The van der Waals surface area contributed by atoms with Gasteiger partial charge in [-0.2, -0.15) is 13.2 Å². The highest BCUT2D eigenvalue weighted by molar-refractivity contribution is 5.37. The van der Waals surface area contributed by atoms with Gasteiger partial charge in [-0.1, -0.05) is 24.3 Å². The summed E-state index contributed by atoms with van der Waals surface area (Å²) in [4.78, 5) is 0. The molecule has 0 fully saturated rings. The molecule has 0 unspecified atom stereocenters. The van der Waals surface area contributed by atoms with E-state index in [0.717, 1.165) is 6.08 Å². The molecule has 0 saturated carbocycles. The summed E-state index contributed by atoms with van der Waals surface area (Å²) in [5.74, 6) is 0. The van der Waals surface area contributed by atoms with Crippen LogP contribution in [0.25, 0.3) is 0 Å². The van der Waals surface area contributed by atoms with E-state index in [9.17, 15) is 13.2 Å². The van der Waals surface area contributed by atoms with Gasteiger partial charge >= 0.3 is 6.18 Å². The number of hydrogen-bond acceptors (Lipinski definition) is 0. The number of hydrogen-bond donors (Lipinski definition) is 0. The molecule has 0 aromatic carbocycles. The molecule has 0 N–H and O–H groups in total. The summed E-state index contributed by atoms with van der Waals surface area (Å²) in [5.41, 5.74) is -0.271. The Morgan fingerprint density at radius 1 is 1.17 bits per heavy atom. The summed E-state index contributed by atoms with van der Waals surface area (Å²) in [6, 6.07) is 0. The second-order valence-electron chi connectivity index (χ2n) is 2.63. The summed E-state index contributed by atoms with van der Waals surface area (Å²) in [6.07, 6.45) is 2.20. The Bertz CT molecular complexity index is 253. The zero-order valence-corrected chi connectivity index (χ0v) is 6.65. The Balaban J connectivity index is 3.07. The quantitative estimate of drug-likeness (QED) is 0.528. The lowest BCUT2D eigenvalue weighted by atomic mass is 10.1. The fourth-order valence-electron chi connectivity index (χ4n) is 1.05. The van der Waals surface area contributed by atoms with Crippen molar-refractivity contribution >= 4 is 0 Å². The molecule has 0 saturated heterocycles. The molecule has 0 aliphatic heterocycles. The standard InChI is InChI=1S/C9H9F3/c1-7-5-3-2-4-6-8(7)9(10,11)12/h3-6H,2H2,1H3. The Kier molecular flexibility index (Phi) is 2.40. The van der Waals surface area contributed by atoms with E-state index in [1.807, 2.05) is 0 Å². The molecular weight excluding hydrogens is 165 g/mol. The van der Waals surface area contributed by atoms with Crippen LogP contribution < -0.4 is 0 Å². The Hall–Kier alpha value is -0.990. The first-order valence-electron chi connectivity index (χ1n) is 3.63. The Morgan fingerprint density at radius 2 is 1.75 bits per heavy atom. The maximum atomic E-state index is 12.2. The first-order chi connectivity index (χ1) is 5.52. The second kappa shape index (κ2) is 3.17. The summed E-state index contributed by atoms with van der Waals surface area (Å²) < 4.78 is 36.7. The predicted octanol–water partition coefficient (Wildman–Crippen LogP) is 3.38. The molecule has 1 aliphatic carbocycles. The van der Waals surface area contributed by atoms with E-state index >= 15 is 0 Å². The van der Waals surface area contributed by atoms with Crippen LogP contribution in [0.4, 0.5) is 13.2 Å². The van der Waals surface area contributed by atoms with E-state index in [1.54, 1.807) is 6.08 Å². The highest BCUT2D eigenvalue weighted by atomic mass is 19.4. The minimum Gasteiger partial charge on any atom is -0.166 e. The molecule has 0 nitrogen and oxygen atoms in total. The SMILES string of the molecule is CC1=C(C(F)(F)F)C=CCC=C1. The zero-order valence-electron chi connectivity index (χ0n) is 6.65. The van der Waals surface area contributed by atoms with Crippen molar-refractivity contribution in [2.24, 2.45) is 0 Å². The van der Waals surface area contributed by atoms with Gasteiger partial charge in [0.05, 0.1) is 5.57 Å². The molecule has 66 valence electrons. The average molecular weight is 174 g/mol. The number of halogens is 3. The van der Waals surface area contributed by atoms with Crippen LogP contribution in [0.1, 0.15) is 13.3 Å². The Morgan fingerprint density at radius 3 is 2.33 bits per heavy atom. The fraction of sp³-hybridized carbons (Fsp3) is 0.333. The summed E-state index contributed by atoms with van der Waals surface area (Å²) in [6.45, 7) is 1.47. The van der Waals surface area contributed by atoms with Crippen LogP contribution in [0.3, 0.4) is 0 Å². The van der Waals surface area contributed by atoms with Gasteiger partial charge in [0.1, 0.15) is 0 Å². The molecule has 12 heavy (non-hydrogen) atoms. The van der Waals surface area contributed by atoms with E-state index in [-0.39, 0.29) is 5.57 Å². The van der Waals surface area contributed by atoms with Crippen molar-refractivity contribution in [1.29, 1.82) is 0 Å². The normalized spacial score (nSPS) is 18.3. The van der Waals surface area contributed by atoms with Crippen molar-refractivity contribution in [1.82, 2.24) is 0 Å². The van der Waals surface area contributed by atoms with Crippen LogP contribution in [-0.4, -0.2) is 6.18 Å². The maximum absolute atomic E-state index is 12.2. The number of allylic oxidation sites excluding steroid dienone is 6. The van der Waals surface area contributed by atoms with Crippen molar-refractivity contribution in [3.05, 3.63) is 35.5 Å². The molecule has 1 rings (SSSR count). The molecule has 0 radical (unpaired) electrons. The summed E-state index contributed by atoms with van der Waals surface area (Å²) in [7, 11) is 0. The highest BCUT2D eigenvalue weighted by Gasteiger charge is 2.33. The van der Waals surface area contributed by atoms with Gasteiger partial charge in [-0.25, -0.2) is 0 Å². The number of alkyl halides is 3. The monoisotopic (exact) mass is 174 g/mol. The highest BCUT2D eigenvalue weighted by Crippen LogP contribution is 2.30. The van der Waals surface area contributed by atoms with Gasteiger partial charge in [-0.05, 0) is 18.9 Å². The van der Waals surface area contributed by atoms with Gasteiger partial charge in [-0.3, -0.25) is 0 Å². The topological polar surface area (TPSA) is 0 Å². The van der Waals surface area contributed by atoms with Crippen molar-refractivity contribution in [2.45, 2.75) is 19.5 Å². The molecule has 0 atom stereocenters. The van der Waals surface area contributed by atoms with Gasteiger partial charge in [0, 0.05) is 0 Å². The van der Waals surface area contributed by atoms with E-state index in [1.165, 1.54) is 19.1 Å². The van der Waals surface area contributed by atoms with Gasteiger partial charge in [0.2, 0.25) is 0 Å². The van der Waals surface area contributed by atoms with Crippen LogP contribution in [0.15, 0.2) is 35.5 Å². The zero-order chi connectivity index (χ0) is 9.19. The van der Waals surface area contributed by atoms with Crippen LogP contribution in [-0.2, 0) is 0 Å². The van der Waals surface area contributed by atoms with Crippen LogP contribution in [0.2, 0.25) is 0 Å². The molecule has 1 aliphatic rings. The molecule has 3 heteroatoms. The fourth-order valence-corrected chi connectivity index (χ4v) is 1.05. The van der Waals surface area contributed by atoms with E-state index in [2.05, 4.69) is 0 Å². The molecule has 0 heterocycles. The third kappa shape index (κ3) is 2.00. The molecule has 0 bridgehead atoms. The minimum atomic E-state index is -4.23. The molecule has 0 aromatic heterocycles. The van der Waals surface area contributed by atoms with Crippen molar-refractivity contribution in [3.8, 4) is 0 Å². The largest absolute Gasteiger partial charge is 0.416 e. The van der Waals surface area contributed by atoms with Gasteiger partial charge in [-0.15, -0.1) is 0 Å². The van der Waals surface area contributed by atoms with Gasteiger partial charge in [0.25, 0.3) is 0 Å². The lowest BCUT2D eigenvalue weighted by molar-refractivity contribution is -0.0887. The average Bonchev–Trinajstić information content (AvgIpc) is 2.11. The smallest absolute Gasteiger partial charge is 0.166 e. The first kappa shape index (κ1) is 9.10. The summed E-state index contributed by atoms with van der Waals surface area (Å²) >= 11 is 0. The maximum Gasteiger partial charge on any atom is 0.416 e. The van der Waals surface area contributed by atoms with Gasteiger partial charge < -0.3 is 0 Å². The third-order valence-electron chi connectivity index (χ3n) is 1.65. The van der Waals surface area contributed by atoms with Crippen LogP contribution in [0, 0.1) is 0 Å². The lowest BCUT2D eigenvalue weighted by Gasteiger charge is -2.08. The minimum absolute atomic E-state index is 0.274. The second-order valence-corrected chi connectivity index (χ2v) is 2.63. The van der Waals surface area contributed by atoms with Crippen molar-refractivity contribution in [2.75, 3.05) is 0 Å². The predicted molar refractivity (Wildman–Crippen MR) is 41.7 cm³/mol. The third-order valence-corrected chi connectivity index (χ3v) is 1.65. The number of rotatable bonds is 0. The van der Waals surface area contributed by atoms with Crippen molar-refractivity contribution < 1.29 is 13.2 Å². The van der Waals surface area contributed by atoms with E-state index in [4.69, 9.17) is 0 Å². The molecular formula is C9H9F3. The van der Waals surface area contributed by atoms with Crippen LogP contribution in [0.5, 0.6) is 0 Å². The van der Waals surface area contributed by atoms with E-state index < -0.39 is 11.7 Å². The molecule has 0 aromatic rings. The Labute approximate surface area is 69.1 Å². The van der Waals surface area contributed by atoms with E-state index in [0.29, 0.717) is 6.42 Å².